The number of piperazine rings is 1. The number of carbonyl (C=O) groups is 2. The molecule has 1 aromatic heterocycles. The van der Waals surface area contributed by atoms with Crippen LogP contribution in [0.25, 0.3) is 0 Å². The molecule has 2 aliphatic rings. The van der Waals surface area contributed by atoms with E-state index in [1.54, 1.807) is 6.20 Å². The van der Waals surface area contributed by atoms with Crippen LogP contribution in [0.2, 0.25) is 0 Å². The number of amides is 2. The number of anilines is 1. The number of aromatic nitrogens is 1. The lowest BCUT2D eigenvalue weighted by molar-refractivity contribution is -0.132. The Hall–Kier alpha value is -2.11. The maximum atomic E-state index is 12.6. The van der Waals surface area contributed by atoms with Crippen LogP contribution in [0.15, 0.2) is 18.3 Å². The van der Waals surface area contributed by atoms with Crippen molar-refractivity contribution in [2.24, 2.45) is 11.8 Å². The first kappa shape index (κ1) is 22.6. The van der Waals surface area contributed by atoms with Crippen LogP contribution in [-0.2, 0) is 4.79 Å². The molecule has 2 heterocycles. The van der Waals surface area contributed by atoms with Gasteiger partial charge >= 0.3 is 0 Å². The molecule has 3 rings (SSSR count). The highest BCUT2D eigenvalue weighted by atomic mass is 16.2. The standard InChI is InChI=1S/C24H38N4O2/c1-18(2)15-19(3)26-24(30)21-9-10-22(25-17-21)27-11-13-28(14-12-27)23(29)16-20-7-5-4-6-8-20/h9-10,17-20H,4-8,11-16H2,1-3H3,(H,26,30). The summed E-state index contributed by atoms with van der Waals surface area (Å²) in [5, 5.41) is 3.04. The number of pyridine rings is 1. The van der Waals surface area contributed by atoms with Crippen molar-refractivity contribution in [3.8, 4) is 0 Å². The molecule has 6 heteroatoms. The Morgan fingerprint density at radius 3 is 2.37 bits per heavy atom. The molecule has 1 aromatic rings. The van der Waals surface area contributed by atoms with E-state index in [-0.39, 0.29) is 11.9 Å². The minimum absolute atomic E-state index is 0.0691. The van der Waals surface area contributed by atoms with E-state index in [2.05, 4.69) is 29.0 Å². The molecule has 0 aromatic carbocycles. The zero-order chi connectivity index (χ0) is 21.5. The highest BCUT2D eigenvalue weighted by Crippen LogP contribution is 2.27. The molecule has 6 nitrogen and oxygen atoms in total. The summed E-state index contributed by atoms with van der Waals surface area (Å²) in [7, 11) is 0. The smallest absolute Gasteiger partial charge is 0.253 e. The van der Waals surface area contributed by atoms with Crippen molar-refractivity contribution in [3.63, 3.8) is 0 Å². The molecule has 30 heavy (non-hydrogen) atoms. The average Bonchev–Trinajstić information content (AvgIpc) is 2.74. The summed E-state index contributed by atoms with van der Waals surface area (Å²) in [5.74, 6) is 2.26. The lowest BCUT2D eigenvalue weighted by Crippen LogP contribution is -2.49. The highest BCUT2D eigenvalue weighted by Gasteiger charge is 2.25. The molecule has 1 unspecified atom stereocenters. The zero-order valence-corrected chi connectivity index (χ0v) is 18.9. The van der Waals surface area contributed by atoms with Crippen molar-refractivity contribution in [2.45, 2.75) is 71.8 Å². The van der Waals surface area contributed by atoms with Crippen LogP contribution in [-0.4, -0.2) is 53.9 Å². The molecule has 0 spiro atoms. The topological polar surface area (TPSA) is 65.5 Å². The number of nitrogens with zero attached hydrogens (tertiary/aromatic N) is 3. The Kier molecular flexibility index (Phi) is 8.11. The van der Waals surface area contributed by atoms with Crippen LogP contribution in [0.4, 0.5) is 5.82 Å². The van der Waals surface area contributed by atoms with Gasteiger partial charge in [-0.15, -0.1) is 0 Å². The Labute approximate surface area is 181 Å². The molecule has 0 bridgehead atoms. The first-order chi connectivity index (χ1) is 14.4. The number of hydrogen-bond acceptors (Lipinski definition) is 4. The fourth-order valence-electron chi connectivity index (χ4n) is 4.73. The second kappa shape index (κ2) is 10.8. The molecule has 1 aliphatic heterocycles. The van der Waals surface area contributed by atoms with Crippen LogP contribution in [0.3, 0.4) is 0 Å². The minimum atomic E-state index is -0.0691. The predicted molar refractivity (Wildman–Crippen MR) is 121 cm³/mol. The van der Waals surface area contributed by atoms with Gasteiger partial charge in [0.15, 0.2) is 0 Å². The molecule has 1 atom stereocenters. The molecule has 166 valence electrons. The Morgan fingerprint density at radius 1 is 1.07 bits per heavy atom. The summed E-state index contributed by atoms with van der Waals surface area (Å²) in [5.41, 5.74) is 0.593. The molecule has 0 radical (unpaired) electrons. The van der Waals surface area contributed by atoms with Crippen molar-refractivity contribution >= 4 is 17.6 Å². The van der Waals surface area contributed by atoms with Gasteiger partial charge in [-0.3, -0.25) is 9.59 Å². The van der Waals surface area contributed by atoms with Crippen LogP contribution < -0.4 is 10.2 Å². The zero-order valence-electron chi connectivity index (χ0n) is 18.9. The van der Waals surface area contributed by atoms with E-state index in [1.165, 1.54) is 32.1 Å². The summed E-state index contributed by atoms with van der Waals surface area (Å²) in [6, 6.07) is 3.92. The van der Waals surface area contributed by atoms with E-state index in [4.69, 9.17) is 0 Å². The van der Waals surface area contributed by atoms with Gasteiger partial charge in [-0.25, -0.2) is 4.98 Å². The lowest BCUT2D eigenvalue weighted by Gasteiger charge is -2.36. The average molecular weight is 415 g/mol. The first-order valence-corrected chi connectivity index (χ1v) is 11.7. The highest BCUT2D eigenvalue weighted by molar-refractivity contribution is 5.94. The molecule has 2 fully saturated rings. The van der Waals surface area contributed by atoms with Crippen LogP contribution in [0, 0.1) is 11.8 Å². The van der Waals surface area contributed by atoms with Gasteiger partial charge in [0.1, 0.15) is 5.82 Å². The van der Waals surface area contributed by atoms with Crippen molar-refractivity contribution in [1.29, 1.82) is 0 Å². The van der Waals surface area contributed by atoms with Crippen molar-refractivity contribution in [2.75, 3.05) is 31.1 Å². The van der Waals surface area contributed by atoms with Crippen LogP contribution >= 0.6 is 0 Å². The van der Waals surface area contributed by atoms with Gasteiger partial charge in [0.2, 0.25) is 5.91 Å². The van der Waals surface area contributed by atoms with Crippen LogP contribution in [0.5, 0.6) is 0 Å². The maximum absolute atomic E-state index is 12.6. The fourth-order valence-corrected chi connectivity index (χ4v) is 4.73. The third kappa shape index (κ3) is 6.44. The van der Waals surface area contributed by atoms with E-state index >= 15 is 0 Å². The van der Waals surface area contributed by atoms with Crippen LogP contribution in [0.1, 0.15) is 76.1 Å². The van der Waals surface area contributed by atoms with E-state index in [1.807, 2.05) is 24.0 Å². The quantitative estimate of drug-likeness (QED) is 0.736. The molecule has 1 N–H and O–H groups in total. The SMILES string of the molecule is CC(C)CC(C)NC(=O)c1ccc(N2CCN(C(=O)CC3CCCCC3)CC2)nc1. The Balaban J connectivity index is 1.46. The number of carbonyl (C=O) groups excluding carboxylic acids is 2. The first-order valence-electron chi connectivity index (χ1n) is 11.7. The molecular formula is C24H38N4O2. The Bertz CT molecular complexity index is 690. The number of rotatable bonds is 7. The maximum Gasteiger partial charge on any atom is 0.253 e. The van der Waals surface area contributed by atoms with Gasteiger partial charge in [-0.1, -0.05) is 33.1 Å². The normalized spacial score (nSPS) is 19.1. The van der Waals surface area contributed by atoms with Gasteiger partial charge in [0.05, 0.1) is 5.56 Å². The molecule has 1 aliphatic carbocycles. The van der Waals surface area contributed by atoms with Crippen molar-refractivity contribution < 1.29 is 9.59 Å². The third-order valence-electron chi connectivity index (χ3n) is 6.36. The van der Waals surface area contributed by atoms with Crippen molar-refractivity contribution in [3.05, 3.63) is 23.9 Å². The predicted octanol–water partition coefficient (Wildman–Crippen LogP) is 3.87. The second-order valence-corrected chi connectivity index (χ2v) is 9.49. The second-order valence-electron chi connectivity index (χ2n) is 9.49. The van der Waals surface area contributed by atoms with E-state index < -0.39 is 0 Å². The summed E-state index contributed by atoms with van der Waals surface area (Å²) in [6.45, 7) is 9.44. The lowest BCUT2D eigenvalue weighted by atomic mass is 9.86. The van der Waals surface area contributed by atoms with Gasteiger partial charge in [0, 0.05) is 44.8 Å². The monoisotopic (exact) mass is 414 g/mol. The third-order valence-corrected chi connectivity index (χ3v) is 6.36. The van der Waals surface area contributed by atoms with E-state index in [9.17, 15) is 9.59 Å². The Morgan fingerprint density at radius 2 is 1.77 bits per heavy atom. The summed E-state index contributed by atoms with van der Waals surface area (Å²) >= 11 is 0. The van der Waals surface area contributed by atoms with E-state index in [0.29, 0.717) is 23.3 Å². The molecular weight excluding hydrogens is 376 g/mol. The van der Waals surface area contributed by atoms with E-state index in [0.717, 1.165) is 44.8 Å². The van der Waals surface area contributed by atoms with Gasteiger partial charge in [-0.05, 0) is 50.2 Å². The number of hydrogen-bond donors (Lipinski definition) is 1. The summed E-state index contributed by atoms with van der Waals surface area (Å²) < 4.78 is 0. The summed E-state index contributed by atoms with van der Waals surface area (Å²) in [4.78, 5) is 33.8. The largest absolute Gasteiger partial charge is 0.353 e. The van der Waals surface area contributed by atoms with Gasteiger partial charge < -0.3 is 15.1 Å². The molecule has 1 saturated carbocycles. The van der Waals surface area contributed by atoms with Crippen molar-refractivity contribution in [1.82, 2.24) is 15.2 Å². The summed E-state index contributed by atoms with van der Waals surface area (Å²) in [6.07, 6.45) is 9.65. The van der Waals surface area contributed by atoms with Gasteiger partial charge in [-0.2, -0.15) is 0 Å². The molecule has 2 amide bonds. The fraction of sp³-hybridized carbons (Fsp3) is 0.708. The number of nitrogens with one attached hydrogen (secondary N) is 1. The van der Waals surface area contributed by atoms with Gasteiger partial charge in [0.25, 0.3) is 5.91 Å². The minimum Gasteiger partial charge on any atom is -0.353 e. The molecule has 1 saturated heterocycles.